The molecule has 0 unspecified atom stereocenters. The Morgan fingerprint density at radius 1 is 1.11 bits per heavy atom. The van der Waals surface area contributed by atoms with E-state index in [4.69, 9.17) is 21.3 Å². The number of halogens is 4. The molecular formula is C24H16ClF3N4O3S2. The van der Waals surface area contributed by atoms with Crippen molar-refractivity contribution in [3.05, 3.63) is 82.5 Å². The van der Waals surface area contributed by atoms with E-state index in [9.17, 15) is 21.6 Å². The van der Waals surface area contributed by atoms with Gasteiger partial charge in [-0.05, 0) is 35.9 Å². The minimum absolute atomic E-state index is 0.113. The Labute approximate surface area is 218 Å². The van der Waals surface area contributed by atoms with E-state index >= 15 is 0 Å². The number of thiazole rings is 1. The molecule has 0 fully saturated rings. The molecule has 5 aromatic rings. The Hall–Kier alpha value is -3.48. The maximum Gasteiger partial charge on any atom is 0.417 e. The first-order chi connectivity index (χ1) is 17.5. The van der Waals surface area contributed by atoms with Crippen LogP contribution in [-0.2, 0) is 22.6 Å². The largest absolute Gasteiger partial charge is 0.489 e. The summed E-state index contributed by atoms with van der Waals surface area (Å²) >= 11 is 7.09. The molecule has 0 aliphatic heterocycles. The van der Waals surface area contributed by atoms with Gasteiger partial charge in [0.1, 0.15) is 18.1 Å². The lowest BCUT2D eigenvalue weighted by molar-refractivity contribution is -0.137. The van der Waals surface area contributed by atoms with Gasteiger partial charge in [-0.2, -0.15) is 13.2 Å². The molecule has 0 atom stereocenters. The molecule has 190 valence electrons. The first kappa shape index (κ1) is 25.2. The fraction of sp³-hybridized carbons (Fsp3) is 0.125. The summed E-state index contributed by atoms with van der Waals surface area (Å²) in [5.41, 5.74) is 1.48. The van der Waals surface area contributed by atoms with E-state index in [0.29, 0.717) is 38.9 Å². The van der Waals surface area contributed by atoms with Crippen LogP contribution in [-0.4, -0.2) is 34.0 Å². The lowest BCUT2D eigenvalue weighted by Gasteiger charge is -2.12. The topological polar surface area (TPSA) is 86.5 Å². The van der Waals surface area contributed by atoms with Crippen LogP contribution in [0.4, 0.5) is 13.2 Å². The number of hydrogen-bond acceptors (Lipinski definition) is 7. The number of rotatable bonds is 6. The Bertz CT molecular complexity index is 1730. The van der Waals surface area contributed by atoms with Gasteiger partial charge in [-0.3, -0.25) is 4.40 Å². The van der Waals surface area contributed by atoms with Crippen LogP contribution in [0.2, 0.25) is 5.02 Å². The molecule has 0 spiro atoms. The van der Waals surface area contributed by atoms with Crippen LogP contribution in [0.1, 0.15) is 11.1 Å². The highest BCUT2D eigenvalue weighted by molar-refractivity contribution is 7.90. The molecule has 2 aromatic carbocycles. The molecule has 0 aliphatic rings. The van der Waals surface area contributed by atoms with Crippen molar-refractivity contribution in [2.75, 3.05) is 6.26 Å². The highest BCUT2D eigenvalue weighted by Crippen LogP contribution is 2.37. The van der Waals surface area contributed by atoms with E-state index in [-0.39, 0.29) is 16.8 Å². The van der Waals surface area contributed by atoms with Gasteiger partial charge in [-0.1, -0.05) is 29.8 Å². The van der Waals surface area contributed by atoms with Gasteiger partial charge in [-0.15, -0.1) is 11.3 Å². The predicted molar refractivity (Wildman–Crippen MR) is 133 cm³/mol. The fourth-order valence-corrected chi connectivity index (χ4v) is 5.12. The lowest BCUT2D eigenvalue weighted by atomic mass is 10.1. The second-order valence-electron chi connectivity index (χ2n) is 7.99. The van der Waals surface area contributed by atoms with Crippen molar-refractivity contribution in [1.82, 2.24) is 19.4 Å². The fourth-order valence-electron chi connectivity index (χ4n) is 3.66. The van der Waals surface area contributed by atoms with Gasteiger partial charge in [0, 0.05) is 29.6 Å². The van der Waals surface area contributed by atoms with Gasteiger partial charge in [0.2, 0.25) is 15.0 Å². The van der Waals surface area contributed by atoms with Crippen LogP contribution in [0.25, 0.3) is 27.6 Å². The number of aromatic nitrogens is 4. The minimum atomic E-state index is -4.57. The molecule has 3 heterocycles. The number of imidazole rings is 1. The number of sulfone groups is 1. The van der Waals surface area contributed by atoms with Crippen LogP contribution in [0.5, 0.6) is 5.75 Å². The lowest BCUT2D eigenvalue weighted by Crippen LogP contribution is -2.07. The quantitative estimate of drug-likeness (QED) is 0.229. The first-order valence-electron chi connectivity index (χ1n) is 10.6. The molecule has 0 N–H and O–H groups in total. The normalized spacial score (nSPS) is 12.2. The van der Waals surface area contributed by atoms with Crippen molar-refractivity contribution in [3.63, 3.8) is 0 Å². The van der Waals surface area contributed by atoms with Crippen LogP contribution >= 0.6 is 22.9 Å². The van der Waals surface area contributed by atoms with Crippen LogP contribution in [0.15, 0.2) is 71.5 Å². The Morgan fingerprint density at radius 3 is 2.68 bits per heavy atom. The van der Waals surface area contributed by atoms with Gasteiger partial charge in [0.25, 0.3) is 0 Å². The summed E-state index contributed by atoms with van der Waals surface area (Å²) in [6.45, 7) is -0.113. The number of alkyl halides is 3. The summed E-state index contributed by atoms with van der Waals surface area (Å²) in [6.07, 6.45) is -0.375. The van der Waals surface area contributed by atoms with Gasteiger partial charge < -0.3 is 4.74 Å². The summed E-state index contributed by atoms with van der Waals surface area (Å²) in [4.78, 5) is 13.5. The Balaban J connectivity index is 1.50. The molecule has 13 heteroatoms. The molecule has 0 bridgehead atoms. The van der Waals surface area contributed by atoms with E-state index < -0.39 is 21.6 Å². The van der Waals surface area contributed by atoms with Crippen molar-refractivity contribution in [1.29, 1.82) is 0 Å². The van der Waals surface area contributed by atoms with Crippen molar-refractivity contribution in [3.8, 4) is 28.4 Å². The first-order valence-corrected chi connectivity index (χ1v) is 13.7. The van der Waals surface area contributed by atoms with E-state index in [1.165, 1.54) is 29.7 Å². The molecule has 0 saturated carbocycles. The molecule has 0 saturated heterocycles. The van der Waals surface area contributed by atoms with E-state index in [1.807, 2.05) is 5.38 Å². The summed E-state index contributed by atoms with van der Waals surface area (Å²) in [6, 6.07) is 12.1. The molecule has 5 rings (SSSR count). The second kappa shape index (κ2) is 9.43. The van der Waals surface area contributed by atoms with Crippen molar-refractivity contribution in [2.45, 2.75) is 17.9 Å². The Morgan fingerprint density at radius 2 is 1.92 bits per heavy atom. The monoisotopic (exact) mass is 564 g/mol. The molecule has 0 aliphatic carbocycles. The van der Waals surface area contributed by atoms with E-state index in [0.717, 1.165) is 12.3 Å². The zero-order valence-corrected chi connectivity index (χ0v) is 21.3. The average Bonchev–Trinajstić information content (AvgIpc) is 3.44. The second-order valence-corrected chi connectivity index (χ2v) is 11.2. The van der Waals surface area contributed by atoms with Crippen molar-refractivity contribution < 1.29 is 26.3 Å². The third-order valence-corrected chi connectivity index (χ3v) is 7.27. The molecule has 7 nitrogen and oxygen atoms in total. The van der Waals surface area contributed by atoms with Crippen molar-refractivity contribution in [2.24, 2.45) is 0 Å². The number of hydrogen-bond donors (Lipinski definition) is 0. The number of benzene rings is 2. The SMILES string of the molecule is CS(=O)(=O)c1nccc(-c2c(-c3cccc(OCc4ccc(Cl)c(C(F)(F)F)c4)c3)nc3sccn23)n1. The third-order valence-electron chi connectivity index (χ3n) is 5.32. The van der Waals surface area contributed by atoms with Crippen LogP contribution in [0, 0.1) is 0 Å². The van der Waals surface area contributed by atoms with Crippen LogP contribution in [0.3, 0.4) is 0 Å². The summed E-state index contributed by atoms with van der Waals surface area (Å²) < 4.78 is 71.2. The zero-order chi connectivity index (χ0) is 26.4. The van der Waals surface area contributed by atoms with Crippen molar-refractivity contribution >= 4 is 37.7 Å². The minimum Gasteiger partial charge on any atom is -0.489 e. The summed E-state index contributed by atoms with van der Waals surface area (Å²) in [7, 11) is -3.64. The smallest absolute Gasteiger partial charge is 0.417 e. The maximum absolute atomic E-state index is 13.2. The summed E-state index contributed by atoms with van der Waals surface area (Å²) in [5, 5.41) is 1.16. The highest BCUT2D eigenvalue weighted by Gasteiger charge is 2.33. The Kier molecular flexibility index (Phi) is 6.42. The molecule has 0 amide bonds. The van der Waals surface area contributed by atoms with Gasteiger partial charge in [0.15, 0.2) is 4.96 Å². The maximum atomic E-state index is 13.2. The highest BCUT2D eigenvalue weighted by atomic mass is 35.5. The molecular weight excluding hydrogens is 549 g/mol. The standard InChI is InChI=1S/C24H16ClF3N4O3S2/c1-37(33,34)22-29-8-7-19(30-22)21-20(31-23-32(21)9-10-36-23)15-3-2-4-16(12-15)35-13-14-5-6-18(25)17(11-14)24(26,27)28/h2-12H,13H2,1H3. The molecule has 37 heavy (non-hydrogen) atoms. The molecule has 3 aromatic heterocycles. The number of fused-ring (bicyclic) bond motifs is 1. The third kappa shape index (κ3) is 5.17. The molecule has 0 radical (unpaired) electrons. The zero-order valence-electron chi connectivity index (χ0n) is 18.9. The van der Waals surface area contributed by atoms with E-state index in [1.54, 1.807) is 40.9 Å². The van der Waals surface area contributed by atoms with E-state index in [2.05, 4.69) is 9.97 Å². The van der Waals surface area contributed by atoms with Crippen LogP contribution < -0.4 is 4.74 Å². The summed E-state index contributed by atoms with van der Waals surface area (Å²) in [5.74, 6) is 0.405. The number of ether oxygens (including phenoxy) is 1. The average molecular weight is 565 g/mol. The van der Waals surface area contributed by atoms with Gasteiger partial charge in [0.05, 0.1) is 22.0 Å². The predicted octanol–water partition coefficient (Wildman–Crippen LogP) is 6.17. The van der Waals surface area contributed by atoms with Gasteiger partial charge >= 0.3 is 6.18 Å². The van der Waals surface area contributed by atoms with Gasteiger partial charge in [-0.25, -0.2) is 23.4 Å². The number of nitrogens with zero attached hydrogens (tertiary/aromatic N) is 4.